The minimum Gasteiger partial charge on any atom is -0.426 e. The first kappa shape index (κ1) is 8.10. The SMILES string of the molecule is BCC1C2C(=O)Oc3ccccc3C12. The Morgan fingerprint density at radius 1 is 1.29 bits per heavy atom. The molecule has 1 aliphatic carbocycles. The number of fused-ring (bicyclic) bond motifs is 3. The van der Waals surface area contributed by atoms with Crippen molar-refractivity contribution in [2.24, 2.45) is 11.8 Å². The predicted molar refractivity (Wildman–Crippen MR) is 55.1 cm³/mol. The van der Waals surface area contributed by atoms with Crippen molar-refractivity contribution < 1.29 is 9.53 Å². The Hall–Kier alpha value is -1.25. The topological polar surface area (TPSA) is 26.3 Å². The van der Waals surface area contributed by atoms with E-state index in [2.05, 4.69) is 13.9 Å². The van der Waals surface area contributed by atoms with Crippen LogP contribution in [0.1, 0.15) is 11.5 Å². The van der Waals surface area contributed by atoms with Crippen LogP contribution in [0.4, 0.5) is 0 Å². The lowest BCUT2D eigenvalue weighted by Crippen LogP contribution is -2.16. The number of carbonyl (C=O) groups excluding carboxylic acids is 1. The van der Waals surface area contributed by atoms with Crippen molar-refractivity contribution in [1.82, 2.24) is 0 Å². The molecule has 0 aromatic heterocycles. The molecule has 0 bridgehead atoms. The highest BCUT2D eigenvalue weighted by Gasteiger charge is 2.58. The normalized spacial score (nSPS) is 32.9. The first-order chi connectivity index (χ1) is 6.83. The maximum Gasteiger partial charge on any atom is 0.315 e. The Morgan fingerprint density at radius 2 is 2.07 bits per heavy atom. The molecule has 3 unspecified atom stereocenters. The summed E-state index contributed by atoms with van der Waals surface area (Å²) in [6.07, 6.45) is 1.07. The van der Waals surface area contributed by atoms with E-state index in [0.29, 0.717) is 11.8 Å². The van der Waals surface area contributed by atoms with Gasteiger partial charge in [0.2, 0.25) is 0 Å². The second kappa shape index (κ2) is 2.63. The van der Waals surface area contributed by atoms with Crippen LogP contribution in [0.25, 0.3) is 0 Å². The summed E-state index contributed by atoms with van der Waals surface area (Å²) in [7, 11) is 2.14. The number of ether oxygens (including phenoxy) is 1. The predicted octanol–water partition coefficient (Wildman–Crippen LogP) is 0.987. The maximum absolute atomic E-state index is 11.5. The highest BCUT2D eigenvalue weighted by atomic mass is 16.5. The van der Waals surface area contributed by atoms with Gasteiger partial charge in [-0.2, -0.15) is 0 Å². The molecule has 2 nitrogen and oxygen atoms in total. The van der Waals surface area contributed by atoms with E-state index in [-0.39, 0.29) is 11.9 Å². The molecule has 2 aliphatic rings. The molecule has 3 rings (SSSR count). The van der Waals surface area contributed by atoms with Crippen molar-refractivity contribution in [3.05, 3.63) is 29.8 Å². The molecule has 70 valence electrons. The van der Waals surface area contributed by atoms with E-state index in [0.717, 1.165) is 12.1 Å². The van der Waals surface area contributed by atoms with E-state index < -0.39 is 0 Å². The van der Waals surface area contributed by atoms with Crippen LogP contribution in [-0.4, -0.2) is 13.8 Å². The van der Waals surface area contributed by atoms with Gasteiger partial charge in [-0.1, -0.05) is 24.5 Å². The summed E-state index contributed by atoms with van der Waals surface area (Å²) in [5, 5.41) is 0. The monoisotopic (exact) mass is 186 g/mol. The van der Waals surface area contributed by atoms with E-state index in [1.807, 2.05) is 18.2 Å². The summed E-state index contributed by atoms with van der Waals surface area (Å²) in [6.45, 7) is 0. The number of hydrogen-bond acceptors (Lipinski definition) is 2. The van der Waals surface area contributed by atoms with Gasteiger partial charge < -0.3 is 4.74 Å². The summed E-state index contributed by atoms with van der Waals surface area (Å²) in [5.74, 6) is 1.86. The first-order valence-corrected chi connectivity index (χ1v) is 5.13. The number of rotatable bonds is 1. The van der Waals surface area contributed by atoms with E-state index >= 15 is 0 Å². The Morgan fingerprint density at radius 3 is 2.86 bits per heavy atom. The number of carbonyl (C=O) groups is 1. The number of esters is 1. The van der Waals surface area contributed by atoms with Gasteiger partial charge in [-0.15, -0.1) is 0 Å². The van der Waals surface area contributed by atoms with Crippen molar-refractivity contribution in [1.29, 1.82) is 0 Å². The largest absolute Gasteiger partial charge is 0.426 e. The fourth-order valence-electron chi connectivity index (χ4n) is 2.65. The van der Waals surface area contributed by atoms with Crippen molar-refractivity contribution in [3.63, 3.8) is 0 Å². The Balaban J connectivity index is 2.06. The van der Waals surface area contributed by atoms with Crippen LogP contribution in [0.15, 0.2) is 24.3 Å². The lowest BCUT2D eigenvalue weighted by molar-refractivity contribution is -0.136. The van der Waals surface area contributed by atoms with Gasteiger partial charge in [0, 0.05) is 5.92 Å². The molecule has 1 heterocycles. The zero-order chi connectivity index (χ0) is 9.71. The summed E-state index contributed by atoms with van der Waals surface area (Å²) >= 11 is 0. The van der Waals surface area contributed by atoms with Crippen LogP contribution in [0.3, 0.4) is 0 Å². The maximum atomic E-state index is 11.5. The molecular weight excluding hydrogens is 175 g/mol. The standard InChI is InChI=1S/C11H11BO2/c12-5-7-9-6-3-1-2-4-8(6)14-11(13)10(7)9/h1-4,7,9-10H,5,12H2. The van der Waals surface area contributed by atoms with Crippen LogP contribution in [0, 0.1) is 11.8 Å². The highest BCUT2D eigenvalue weighted by Crippen LogP contribution is 2.60. The van der Waals surface area contributed by atoms with Crippen molar-refractivity contribution >= 4 is 13.8 Å². The van der Waals surface area contributed by atoms with Gasteiger partial charge in [-0.25, -0.2) is 0 Å². The summed E-state index contributed by atoms with van der Waals surface area (Å²) in [4.78, 5) is 11.5. The minimum atomic E-state index is -0.0273. The fraction of sp³-hybridized carbons (Fsp3) is 0.364. The molecule has 1 aromatic carbocycles. The zero-order valence-electron chi connectivity index (χ0n) is 8.07. The summed E-state index contributed by atoms with van der Waals surface area (Å²) in [5.41, 5.74) is 1.23. The van der Waals surface area contributed by atoms with Crippen molar-refractivity contribution in [2.45, 2.75) is 12.2 Å². The van der Waals surface area contributed by atoms with E-state index in [1.54, 1.807) is 0 Å². The van der Waals surface area contributed by atoms with Crippen LogP contribution in [0.5, 0.6) is 5.75 Å². The summed E-state index contributed by atoms with van der Waals surface area (Å²) < 4.78 is 5.28. The quantitative estimate of drug-likeness (QED) is 0.371. The third-order valence-electron chi connectivity index (χ3n) is 3.40. The number of hydrogen-bond donors (Lipinski definition) is 0. The molecule has 3 atom stereocenters. The second-order valence-corrected chi connectivity index (χ2v) is 4.08. The second-order valence-electron chi connectivity index (χ2n) is 4.08. The molecule has 1 fully saturated rings. The third-order valence-corrected chi connectivity index (χ3v) is 3.40. The Kier molecular flexibility index (Phi) is 1.52. The smallest absolute Gasteiger partial charge is 0.315 e. The lowest BCUT2D eigenvalue weighted by Gasteiger charge is -2.13. The van der Waals surface area contributed by atoms with Crippen LogP contribution < -0.4 is 4.74 Å². The van der Waals surface area contributed by atoms with Crippen LogP contribution in [-0.2, 0) is 4.79 Å². The molecule has 0 spiro atoms. The minimum absolute atomic E-state index is 0.0273. The average Bonchev–Trinajstić information content (AvgIpc) is 2.93. The Bertz CT molecular complexity index is 402. The van der Waals surface area contributed by atoms with Gasteiger partial charge in [0.05, 0.1) is 5.92 Å². The molecule has 0 N–H and O–H groups in total. The molecule has 1 saturated carbocycles. The molecular formula is C11H11BO2. The molecule has 14 heavy (non-hydrogen) atoms. The average molecular weight is 186 g/mol. The number of benzene rings is 1. The highest BCUT2D eigenvalue weighted by molar-refractivity contribution is 6.09. The van der Waals surface area contributed by atoms with Gasteiger partial charge in [0.25, 0.3) is 0 Å². The van der Waals surface area contributed by atoms with E-state index in [1.165, 1.54) is 5.56 Å². The Labute approximate surface area is 83.7 Å². The van der Waals surface area contributed by atoms with Gasteiger partial charge in [0.1, 0.15) is 13.6 Å². The van der Waals surface area contributed by atoms with Gasteiger partial charge in [-0.05, 0) is 17.5 Å². The first-order valence-electron chi connectivity index (χ1n) is 5.13. The number of para-hydroxylation sites is 1. The zero-order valence-corrected chi connectivity index (χ0v) is 8.07. The van der Waals surface area contributed by atoms with Crippen LogP contribution in [0.2, 0.25) is 6.32 Å². The van der Waals surface area contributed by atoms with Gasteiger partial charge in [-0.3, -0.25) is 4.79 Å². The molecule has 0 amide bonds. The van der Waals surface area contributed by atoms with Gasteiger partial charge in [0.15, 0.2) is 0 Å². The third kappa shape index (κ3) is 0.898. The molecule has 3 heteroatoms. The van der Waals surface area contributed by atoms with Crippen molar-refractivity contribution in [3.8, 4) is 5.75 Å². The fourth-order valence-corrected chi connectivity index (χ4v) is 2.65. The molecule has 1 aliphatic heterocycles. The van der Waals surface area contributed by atoms with Crippen LogP contribution >= 0.6 is 0 Å². The van der Waals surface area contributed by atoms with Crippen molar-refractivity contribution in [2.75, 3.05) is 0 Å². The lowest BCUT2D eigenvalue weighted by atomic mass is 9.97. The molecule has 1 aromatic rings. The van der Waals surface area contributed by atoms with E-state index in [9.17, 15) is 4.79 Å². The summed E-state index contributed by atoms with van der Waals surface area (Å²) in [6, 6.07) is 7.89. The molecule has 0 radical (unpaired) electrons. The van der Waals surface area contributed by atoms with E-state index in [4.69, 9.17) is 4.74 Å². The molecule has 0 saturated heterocycles. The van der Waals surface area contributed by atoms with Gasteiger partial charge >= 0.3 is 5.97 Å².